The molecule has 0 radical (unpaired) electrons. The number of aryl methyl sites for hydroxylation is 1. The van der Waals surface area contributed by atoms with Crippen molar-refractivity contribution in [1.29, 1.82) is 0 Å². The highest BCUT2D eigenvalue weighted by Crippen LogP contribution is 2.16. The summed E-state index contributed by atoms with van der Waals surface area (Å²) < 4.78 is 43.5. The zero-order valence-electron chi connectivity index (χ0n) is 13.8. The summed E-state index contributed by atoms with van der Waals surface area (Å²) in [5.74, 6) is -2.64. The van der Waals surface area contributed by atoms with Gasteiger partial charge in [-0.05, 0) is 18.1 Å². The van der Waals surface area contributed by atoms with Gasteiger partial charge in [-0.3, -0.25) is 4.79 Å². The number of nitrogens with zero attached hydrogens (tertiary/aromatic N) is 4. The van der Waals surface area contributed by atoms with Crippen molar-refractivity contribution in [1.82, 2.24) is 14.7 Å². The van der Waals surface area contributed by atoms with E-state index >= 15 is 0 Å². The molecule has 2 N–H and O–H groups in total. The van der Waals surface area contributed by atoms with E-state index in [1.165, 1.54) is 0 Å². The maximum atomic E-state index is 13.7. The van der Waals surface area contributed by atoms with Crippen LogP contribution in [0, 0.1) is 17.5 Å². The first kappa shape index (κ1) is 17.4. The minimum Gasteiger partial charge on any atom is -0.329 e. The number of fused-ring (bicyclic) bond motifs is 1. The molecule has 0 spiro atoms. The highest BCUT2D eigenvalue weighted by molar-refractivity contribution is 5.76. The summed E-state index contributed by atoms with van der Waals surface area (Å²) in [5, 5.41) is 4.29. The number of benzene rings is 1. The highest BCUT2D eigenvalue weighted by atomic mass is 19.2. The second kappa shape index (κ2) is 6.83. The SMILES string of the molecule is Cn1c[n+]2c(n1)CN(C(=O)C[C@H](N)Cc1cc(F)c(F)cc1F)CC2. The van der Waals surface area contributed by atoms with Crippen molar-refractivity contribution in [3.05, 3.63) is 47.3 Å². The molecular formula is C16H19F3N5O+. The lowest BCUT2D eigenvalue weighted by Crippen LogP contribution is -2.51. The zero-order chi connectivity index (χ0) is 18.1. The minimum absolute atomic E-state index is 0.00866. The fourth-order valence-corrected chi connectivity index (χ4v) is 2.96. The van der Waals surface area contributed by atoms with Gasteiger partial charge in [0, 0.05) is 23.6 Å². The first-order valence-corrected chi connectivity index (χ1v) is 7.92. The fourth-order valence-electron chi connectivity index (χ4n) is 2.96. The van der Waals surface area contributed by atoms with Crippen molar-refractivity contribution in [2.24, 2.45) is 12.8 Å². The molecule has 3 rings (SSSR count). The minimum atomic E-state index is -1.25. The summed E-state index contributed by atoms with van der Waals surface area (Å²) >= 11 is 0. The molecule has 0 unspecified atom stereocenters. The molecule has 1 atom stereocenters. The highest BCUT2D eigenvalue weighted by Gasteiger charge is 2.28. The van der Waals surface area contributed by atoms with Crippen molar-refractivity contribution < 1.29 is 22.5 Å². The van der Waals surface area contributed by atoms with Gasteiger partial charge in [0.25, 0.3) is 5.82 Å². The molecule has 2 aromatic rings. The Labute approximate surface area is 142 Å². The molecule has 1 aromatic heterocycles. The summed E-state index contributed by atoms with van der Waals surface area (Å²) in [6.07, 6.45) is 1.80. The molecule has 1 amide bonds. The van der Waals surface area contributed by atoms with Gasteiger partial charge in [0.1, 0.15) is 12.4 Å². The van der Waals surface area contributed by atoms with Gasteiger partial charge >= 0.3 is 0 Å². The van der Waals surface area contributed by atoms with Crippen LogP contribution in [0.15, 0.2) is 18.5 Å². The molecule has 0 aliphatic carbocycles. The van der Waals surface area contributed by atoms with Gasteiger partial charge in [0.15, 0.2) is 11.6 Å². The van der Waals surface area contributed by atoms with Gasteiger partial charge in [-0.1, -0.05) is 0 Å². The van der Waals surface area contributed by atoms with E-state index in [0.29, 0.717) is 25.7 Å². The van der Waals surface area contributed by atoms with E-state index < -0.39 is 23.5 Å². The number of hydrogen-bond donors (Lipinski definition) is 1. The lowest BCUT2D eigenvalue weighted by molar-refractivity contribution is -0.711. The Morgan fingerprint density at radius 2 is 2.04 bits per heavy atom. The zero-order valence-corrected chi connectivity index (χ0v) is 13.8. The van der Waals surface area contributed by atoms with Gasteiger partial charge in [-0.2, -0.15) is 0 Å². The lowest BCUT2D eigenvalue weighted by atomic mass is 10.0. The molecule has 134 valence electrons. The topological polar surface area (TPSA) is 68.0 Å². The quantitative estimate of drug-likeness (QED) is 0.640. The third-order valence-electron chi connectivity index (χ3n) is 4.22. The standard InChI is InChI=1S/C16H19F3N5O/c1-22-9-24-3-2-23(8-15(24)21-22)16(25)6-11(20)4-10-5-13(18)14(19)7-12(10)17/h5,7,9,11H,2-4,6,8,20H2,1H3/q+1/t11-/m1/s1. The molecule has 1 aliphatic heterocycles. The van der Waals surface area contributed by atoms with Crippen LogP contribution < -0.4 is 10.3 Å². The Balaban J connectivity index is 1.61. The first-order valence-electron chi connectivity index (χ1n) is 7.92. The van der Waals surface area contributed by atoms with E-state index in [-0.39, 0.29) is 24.3 Å². The summed E-state index contributed by atoms with van der Waals surface area (Å²) in [6, 6.07) is 0.584. The third kappa shape index (κ3) is 3.81. The second-order valence-electron chi connectivity index (χ2n) is 6.24. The molecule has 25 heavy (non-hydrogen) atoms. The second-order valence-corrected chi connectivity index (χ2v) is 6.24. The number of carbonyl (C=O) groups excluding carboxylic acids is 1. The van der Waals surface area contributed by atoms with E-state index in [2.05, 4.69) is 5.10 Å². The molecule has 1 aliphatic rings. The maximum Gasteiger partial charge on any atom is 0.297 e. The van der Waals surface area contributed by atoms with Gasteiger partial charge in [0.05, 0.1) is 20.1 Å². The number of rotatable bonds is 4. The maximum absolute atomic E-state index is 13.7. The van der Waals surface area contributed by atoms with Crippen LogP contribution in [0.25, 0.3) is 0 Å². The molecule has 9 heteroatoms. The summed E-state index contributed by atoms with van der Waals surface area (Å²) in [4.78, 5) is 14.0. The van der Waals surface area contributed by atoms with Crippen LogP contribution in [0.5, 0.6) is 0 Å². The summed E-state index contributed by atoms with van der Waals surface area (Å²) in [6.45, 7) is 1.56. The van der Waals surface area contributed by atoms with Crippen LogP contribution in [-0.4, -0.2) is 33.2 Å². The number of aromatic nitrogens is 3. The number of halogens is 3. The normalized spacial score (nSPS) is 15.2. The predicted molar refractivity (Wildman–Crippen MR) is 81.4 cm³/mol. The van der Waals surface area contributed by atoms with E-state index in [9.17, 15) is 18.0 Å². The number of hydrogen-bond acceptors (Lipinski definition) is 3. The summed E-state index contributed by atoms with van der Waals surface area (Å²) in [5.41, 5.74) is 5.87. The Morgan fingerprint density at radius 1 is 1.32 bits per heavy atom. The molecular weight excluding hydrogens is 335 g/mol. The van der Waals surface area contributed by atoms with Crippen molar-refractivity contribution in [2.45, 2.75) is 32.0 Å². The van der Waals surface area contributed by atoms with Gasteiger partial charge in [-0.15, -0.1) is 4.68 Å². The van der Waals surface area contributed by atoms with Gasteiger partial charge in [0.2, 0.25) is 12.2 Å². The third-order valence-corrected chi connectivity index (χ3v) is 4.22. The van der Waals surface area contributed by atoms with Crippen LogP contribution in [0.4, 0.5) is 13.2 Å². The van der Waals surface area contributed by atoms with Crippen LogP contribution in [0.1, 0.15) is 17.8 Å². The Bertz CT molecular complexity index is 807. The molecule has 0 saturated heterocycles. The molecule has 0 bridgehead atoms. The van der Waals surface area contributed by atoms with E-state index in [1.807, 2.05) is 17.9 Å². The van der Waals surface area contributed by atoms with E-state index in [4.69, 9.17) is 5.73 Å². The van der Waals surface area contributed by atoms with Crippen LogP contribution in [-0.2, 0) is 31.4 Å². The van der Waals surface area contributed by atoms with E-state index in [0.717, 1.165) is 11.9 Å². The molecule has 1 aromatic carbocycles. The van der Waals surface area contributed by atoms with Crippen LogP contribution in [0.3, 0.4) is 0 Å². The Morgan fingerprint density at radius 3 is 2.80 bits per heavy atom. The molecule has 6 nitrogen and oxygen atoms in total. The van der Waals surface area contributed by atoms with E-state index in [1.54, 1.807) is 9.58 Å². The van der Waals surface area contributed by atoms with Crippen molar-refractivity contribution in [3.63, 3.8) is 0 Å². The van der Waals surface area contributed by atoms with Crippen LogP contribution >= 0.6 is 0 Å². The molecule has 0 fully saturated rings. The number of carbonyl (C=O) groups is 1. The number of amides is 1. The van der Waals surface area contributed by atoms with Gasteiger partial charge < -0.3 is 10.6 Å². The predicted octanol–water partition coefficient (Wildman–Crippen LogP) is 0.427. The summed E-state index contributed by atoms with van der Waals surface area (Å²) in [7, 11) is 1.81. The van der Waals surface area contributed by atoms with Crippen molar-refractivity contribution in [3.8, 4) is 0 Å². The first-order chi connectivity index (χ1) is 11.8. The smallest absolute Gasteiger partial charge is 0.297 e. The van der Waals surface area contributed by atoms with Crippen LogP contribution in [0.2, 0.25) is 0 Å². The Hall–Kier alpha value is -2.42. The van der Waals surface area contributed by atoms with Gasteiger partial charge in [-0.25, -0.2) is 17.7 Å². The largest absolute Gasteiger partial charge is 0.329 e. The molecule has 0 saturated carbocycles. The lowest BCUT2D eigenvalue weighted by Gasteiger charge is -2.25. The van der Waals surface area contributed by atoms with Crippen molar-refractivity contribution in [2.75, 3.05) is 6.54 Å². The average molecular weight is 354 g/mol. The molecule has 2 heterocycles. The monoisotopic (exact) mass is 354 g/mol. The van der Waals surface area contributed by atoms with Crippen molar-refractivity contribution >= 4 is 5.91 Å². The number of nitrogens with two attached hydrogens (primary N) is 1. The average Bonchev–Trinajstić information content (AvgIpc) is 2.91. The fraction of sp³-hybridized carbons (Fsp3) is 0.438. The Kier molecular flexibility index (Phi) is 4.76.